The molecule has 2 saturated heterocycles. The van der Waals surface area contributed by atoms with Crippen molar-refractivity contribution in [3.05, 3.63) is 35.9 Å². The van der Waals surface area contributed by atoms with E-state index in [0.29, 0.717) is 12.5 Å². The molecule has 7 nitrogen and oxygen atoms in total. The lowest BCUT2D eigenvalue weighted by atomic mass is 9.92. The molecule has 1 aromatic rings. The Morgan fingerprint density at radius 2 is 1.53 bits per heavy atom. The first kappa shape index (κ1) is 24.4. The maximum Gasteiger partial charge on any atom is 0.410 e. The minimum Gasteiger partial charge on any atom is -0.445 e. The van der Waals surface area contributed by atoms with E-state index < -0.39 is 5.60 Å². The highest BCUT2D eigenvalue weighted by Crippen LogP contribution is 2.23. The van der Waals surface area contributed by atoms with Crippen LogP contribution >= 0.6 is 0 Å². The van der Waals surface area contributed by atoms with Gasteiger partial charge in [0.15, 0.2) is 0 Å². The Labute approximate surface area is 192 Å². The molecule has 2 aliphatic heterocycles. The molecule has 0 atom stereocenters. The molecule has 3 rings (SSSR count). The number of likely N-dealkylation sites (tertiary alicyclic amines) is 1. The Hall–Kier alpha value is -2.28. The summed E-state index contributed by atoms with van der Waals surface area (Å²) < 4.78 is 10.9. The Bertz CT molecular complexity index is 718. The average molecular weight is 446 g/mol. The standard InChI is InChI=1S/C25H39N3O4/c1-25(2,3)32-24(30)27-14-11-21(12-15-27)10-7-13-26-16-18-28(19-17-26)23(29)31-20-22-8-5-4-6-9-22/h4-6,8-9,21H,7,10-20H2,1-3H3. The van der Waals surface area contributed by atoms with Crippen LogP contribution in [0, 0.1) is 5.92 Å². The van der Waals surface area contributed by atoms with Gasteiger partial charge in [-0.05, 0) is 64.5 Å². The van der Waals surface area contributed by atoms with Crippen molar-refractivity contribution < 1.29 is 19.1 Å². The third-order valence-electron chi connectivity index (χ3n) is 6.19. The van der Waals surface area contributed by atoms with Crippen LogP contribution in [0.25, 0.3) is 0 Å². The Kier molecular flexibility index (Phi) is 8.79. The first-order chi connectivity index (χ1) is 15.3. The van der Waals surface area contributed by atoms with Gasteiger partial charge < -0.3 is 19.3 Å². The highest BCUT2D eigenvalue weighted by molar-refractivity contribution is 5.68. The molecule has 2 amide bonds. The summed E-state index contributed by atoms with van der Waals surface area (Å²) in [6.45, 7) is 12.0. The lowest BCUT2D eigenvalue weighted by Crippen LogP contribution is -2.49. The van der Waals surface area contributed by atoms with Crippen LogP contribution in [0.15, 0.2) is 30.3 Å². The number of carbonyl (C=O) groups excluding carboxylic acids is 2. The lowest BCUT2D eigenvalue weighted by Gasteiger charge is -2.35. The molecule has 0 spiro atoms. The number of nitrogens with zero attached hydrogens (tertiary/aromatic N) is 3. The van der Waals surface area contributed by atoms with Crippen LogP contribution in [-0.2, 0) is 16.1 Å². The number of piperazine rings is 1. The monoisotopic (exact) mass is 445 g/mol. The quantitative estimate of drug-likeness (QED) is 0.651. The summed E-state index contributed by atoms with van der Waals surface area (Å²) >= 11 is 0. The Morgan fingerprint density at radius 1 is 0.906 bits per heavy atom. The fraction of sp³-hybridized carbons (Fsp3) is 0.680. The largest absolute Gasteiger partial charge is 0.445 e. The minimum atomic E-state index is -0.434. The molecular weight excluding hydrogens is 406 g/mol. The van der Waals surface area contributed by atoms with E-state index in [2.05, 4.69) is 4.90 Å². The van der Waals surface area contributed by atoms with Crippen molar-refractivity contribution in [2.75, 3.05) is 45.8 Å². The van der Waals surface area contributed by atoms with Crippen molar-refractivity contribution in [2.45, 2.75) is 58.7 Å². The highest BCUT2D eigenvalue weighted by atomic mass is 16.6. The lowest BCUT2D eigenvalue weighted by molar-refractivity contribution is 0.0179. The summed E-state index contributed by atoms with van der Waals surface area (Å²) in [4.78, 5) is 30.6. The third kappa shape index (κ3) is 8.01. The summed E-state index contributed by atoms with van der Waals surface area (Å²) in [5.74, 6) is 0.683. The van der Waals surface area contributed by atoms with Crippen LogP contribution < -0.4 is 0 Å². The minimum absolute atomic E-state index is 0.184. The summed E-state index contributed by atoms with van der Waals surface area (Å²) in [6, 6.07) is 9.79. The zero-order valence-electron chi connectivity index (χ0n) is 19.9. The van der Waals surface area contributed by atoms with E-state index in [9.17, 15) is 9.59 Å². The predicted molar refractivity (Wildman–Crippen MR) is 124 cm³/mol. The van der Waals surface area contributed by atoms with E-state index in [0.717, 1.165) is 70.6 Å². The van der Waals surface area contributed by atoms with E-state index >= 15 is 0 Å². The van der Waals surface area contributed by atoms with Gasteiger partial charge in [0, 0.05) is 39.3 Å². The second kappa shape index (κ2) is 11.5. The fourth-order valence-corrected chi connectivity index (χ4v) is 4.30. The van der Waals surface area contributed by atoms with Crippen molar-refractivity contribution in [3.8, 4) is 0 Å². The van der Waals surface area contributed by atoms with Gasteiger partial charge >= 0.3 is 12.2 Å². The SMILES string of the molecule is CC(C)(C)OC(=O)N1CCC(CCCN2CCN(C(=O)OCc3ccccc3)CC2)CC1. The van der Waals surface area contributed by atoms with Gasteiger partial charge in [0.1, 0.15) is 12.2 Å². The highest BCUT2D eigenvalue weighted by Gasteiger charge is 2.27. The van der Waals surface area contributed by atoms with E-state index in [1.807, 2.05) is 60.9 Å². The molecule has 0 aliphatic carbocycles. The van der Waals surface area contributed by atoms with Gasteiger partial charge in [0.25, 0.3) is 0 Å². The molecule has 1 aromatic carbocycles. The molecule has 0 saturated carbocycles. The van der Waals surface area contributed by atoms with Gasteiger partial charge in [0.2, 0.25) is 0 Å². The second-order valence-electron chi connectivity index (χ2n) is 9.92. The zero-order valence-corrected chi connectivity index (χ0v) is 19.9. The van der Waals surface area contributed by atoms with Crippen molar-refractivity contribution in [3.63, 3.8) is 0 Å². The molecule has 0 unspecified atom stereocenters. The van der Waals surface area contributed by atoms with Gasteiger partial charge in [-0.3, -0.25) is 4.90 Å². The molecule has 0 N–H and O–H groups in total. The molecular formula is C25H39N3O4. The van der Waals surface area contributed by atoms with Crippen LogP contribution in [0.3, 0.4) is 0 Å². The van der Waals surface area contributed by atoms with Gasteiger partial charge in [-0.1, -0.05) is 30.3 Å². The zero-order chi connectivity index (χ0) is 23.0. The van der Waals surface area contributed by atoms with Crippen molar-refractivity contribution >= 4 is 12.2 Å². The van der Waals surface area contributed by atoms with Crippen LogP contribution in [0.5, 0.6) is 0 Å². The normalized spacial score (nSPS) is 18.5. The maximum atomic E-state index is 12.3. The van der Waals surface area contributed by atoms with Crippen molar-refractivity contribution in [1.29, 1.82) is 0 Å². The maximum absolute atomic E-state index is 12.3. The number of piperidine rings is 1. The summed E-state index contributed by atoms with van der Waals surface area (Å²) in [6.07, 6.45) is 4.07. The molecule has 0 bridgehead atoms. The van der Waals surface area contributed by atoms with Crippen LogP contribution in [0.1, 0.15) is 52.0 Å². The predicted octanol–water partition coefficient (Wildman–Crippen LogP) is 4.37. The van der Waals surface area contributed by atoms with Crippen LogP contribution in [-0.4, -0.2) is 78.3 Å². The van der Waals surface area contributed by atoms with Gasteiger partial charge in [0.05, 0.1) is 0 Å². The number of hydrogen-bond acceptors (Lipinski definition) is 5. The van der Waals surface area contributed by atoms with Crippen LogP contribution in [0.2, 0.25) is 0 Å². The van der Waals surface area contributed by atoms with Gasteiger partial charge in [-0.25, -0.2) is 9.59 Å². The first-order valence-electron chi connectivity index (χ1n) is 12.0. The third-order valence-corrected chi connectivity index (χ3v) is 6.19. The van der Waals surface area contributed by atoms with Gasteiger partial charge in [-0.2, -0.15) is 0 Å². The fourth-order valence-electron chi connectivity index (χ4n) is 4.30. The molecule has 2 aliphatic rings. The van der Waals surface area contributed by atoms with Crippen molar-refractivity contribution in [2.24, 2.45) is 5.92 Å². The number of rotatable bonds is 6. The van der Waals surface area contributed by atoms with Crippen LogP contribution in [0.4, 0.5) is 9.59 Å². The molecule has 32 heavy (non-hydrogen) atoms. The molecule has 0 aromatic heterocycles. The second-order valence-corrected chi connectivity index (χ2v) is 9.92. The van der Waals surface area contributed by atoms with Crippen molar-refractivity contribution in [1.82, 2.24) is 14.7 Å². The molecule has 7 heteroatoms. The molecule has 2 fully saturated rings. The van der Waals surface area contributed by atoms with E-state index in [1.165, 1.54) is 6.42 Å². The van der Waals surface area contributed by atoms with E-state index in [4.69, 9.17) is 9.47 Å². The molecule has 178 valence electrons. The topological polar surface area (TPSA) is 62.3 Å². The summed E-state index contributed by atoms with van der Waals surface area (Å²) in [5, 5.41) is 0. The number of ether oxygens (including phenoxy) is 2. The molecule has 2 heterocycles. The number of hydrogen-bond donors (Lipinski definition) is 0. The first-order valence-corrected chi connectivity index (χ1v) is 12.0. The molecule has 0 radical (unpaired) electrons. The van der Waals surface area contributed by atoms with Gasteiger partial charge in [-0.15, -0.1) is 0 Å². The smallest absolute Gasteiger partial charge is 0.410 e. The Balaban J connectivity index is 1.26. The summed E-state index contributed by atoms with van der Waals surface area (Å²) in [7, 11) is 0. The Morgan fingerprint density at radius 3 is 2.16 bits per heavy atom. The summed E-state index contributed by atoms with van der Waals surface area (Å²) in [5.41, 5.74) is 0.577. The number of amides is 2. The van der Waals surface area contributed by atoms with E-state index in [-0.39, 0.29) is 12.2 Å². The number of benzene rings is 1. The average Bonchev–Trinajstić information content (AvgIpc) is 2.78. The van der Waals surface area contributed by atoms with E-state index in [1.54, 1.807) is 0 Å². The number of carbonyl (C=O) groups is 2.